The van der Waals surface area contributed by atoms with Crippen LogP contribution in [0.3, 0.4) is 0 Å². The van der Waals surface area contributed by atoms with E-state index in [9.17, 15) is 9.59 Å². The van der Waals surface area contributed by atoms with Gasteiger partial charge < -0.3 is 9.73 Å². The molecule has 0 bridgehead atoms. The molecule has 2 heterocycles. The first kappa shape index (κ1) is 14.3. The molecule has 2 aliphatic rings. The number of furan rings is 1. The van der Waals surface area contributed by atoms with Crippen LogP contribution in [0.5, 0.6) is 0 Å². The van der Waals surface area contributed by atoms with Crippen molar-refractivity contribution in [1.82, 2.24) is 10.2 Å². The fourth-order valence-corrected chi connectivity index (χ4v) is 3.22. The Bertz CT molecular complexity index is 564. The van der Waals surface area contributed by atoms with Gasteiger partial charge in [-0.05, 0) is 17.5 Å². The van der Waals surface area contributed by atoms with Crippen molar-refractivity contribution in [2.45, 2.75) is 46.8 Å². The number of carbonyl (C=O) groups is 2. The zero-order chi connectivity index (χ0) is 15.4. The number of nitrogens with zero attached hydrogens (tertiary/aromatic N) is 1. The summed E-state index contributed by atoms with van der Waals surface area (Å²) < 4.78 is 5.69. The van der Waals surface area contributed by atoms with Gasteiger partial charge in [-0.25, -0.2) is 0 Å². The largest absolute Gasteiger partial charge is 0.463 e. The predicted octanol–water partition coefficient (Wildman–Crippen LogP) is 1.92. The summed E-state index contributed by atoms with van der Waals surface area (Å²) in [5.74, 6) is 1.14. The van der Waals surface area contributed by atoms with E-state index < -0.39 is 0 Å². The van der Waals surface area contributed by atoms with Crippen molar-refractivity contribution in [2.24, 2.45) is 17.3 Å². The lowest BCUT2D eigenvalue weighted by Gasteiger charge is -2.19. The fraction of sp³-hybridized carbons (Fsp3) is 0.625. The van der Waals surface area contributed by atoms with Crippen LogP contribution in [-0.4, -0.2) is 22.8 Å². The average molecular weight is 290 g/mol. The van der Waals surface area contributed by atoms with Crippen LogP contribution in [0.25, 0.3) is 0 Å². The molecule has 1 aromatic heterocycles. The van der Waals surface area contributed by atoms with E-state index in [1.165, 1.54) is 4.90 Å². The summed E-state index contributed by atoms with van der Waals surface area (Å²) >= 11 is 0. The van der Waals surface area contributed by atoms with E-state index in [0.717, 1.165) is 5.76 Å². The second kappa shape index (κ2) is 4.70. The highest BCUT2D eigenvalue weighted by atomic mass is 16.3. The number of hydrogen-bond donors (Lipinski definition) is 1. The maximum atomic E-state index is 12.3. The standard InChI is InChI=1S/C16H22N2O3/c1-9(2)17-7-10-5-6-11(21-10)8-18-14(19)12-13(15(18)20)16(12,3)4/h5-6,9,12-13,17H,7-8H2,1-4H3. The lowest BCUT2D eigenvalue weighted by Crippen LogP contribution is -2.35. The number of rotatable bonds is 5. The Hall–Kier alpha value is -1.62. The first-order valence-electron chi connectivity index (χ1n) is 7.48. The Labute approximate surface area is 124 Å². The Kier molecular flexibility index (Phi) is 3.20. The highest BCUT2D eigenvalue weighted by Gasteiger charge is 2.72. The van der Waals surface area contributed by atoms with Gasteiger partial charge in [0.25, 0.3) is 0 Å². The first-order valence-corrected chi connectivity index (χ1v) is 7.48. The number of nitrogens with one attached hydrogen (secondary N) is 1. The van der Waals surface area contributed by atoms with E-state index in [4.69, 9.17) is 4.42 Å². The monoisotopic (exact) mass is 290 g/mol. The summed E-state index contributed by atoms with van der Waals surface area (Å²) in [5, 5.41) is 3.27. The number of imide groups is 1. The molecule has 2 unspecified atom stereocenters. The molecule has 2 atom stereocenters. The summed E-state index contributed by atoms with van der Waals surface area (Å²) in [7, 11) is 0. The maximum Gasteiger partial charge on any atom is 0.234 e. The van der Waals surface area contributed by atoms with Gasteiger partial charge in [-0.15, -0.1) is 0 Å². The van der Waals surface area contributed by atoms with Crippen molar-refractivity contribution in [3.05, 3.63) is 23.7 Å². The van der Waals surface area contributed by atoms with E-state index in [2.05, 4.69) is 19.2 Å². The van der Waals surface area contributed by atoms with Crippen LogP contribution in [0.15, 0.2) is 16.5 Å². The van der Waals surface area contributed by atoms with Crippen LogP contribution in [-0.2, 0) is 22.7 Å². The minimum Gasteiger partial charge on any atom is -0.463 e. The Balaban J connectivity index is 1.63. The third-order valence-electron chi connectivity index (χ3n) is 4.61. The Morgan fingerprint density at radius 2 is 1.76 bits per heavy atom. The number of hydrogen-bond acceptors (Lipinski definition) is 4. The molecule has 0 radical (unpaired) electrons. The average Bonchev–Trinajstić information content (AvgIpc) is 2.73. The third kappa shape index (κ3) is 2.29. The van der Waals surface area contributed by atoms with Gasteiger partial charge >= 0.3 is 0 Å². The summed E-state index contributed by atoms with van der Waals surface area (Å²) in [6.07, 6.45) is 0. The van der Waals surface area contributed by atoms with Gasteiger partial charge in [0.2, 0.25) is 11.8 Å². The highest BCUT2D eigenvalue weighted by molar-refractivity contribution is 6.10. The van der Waals surface area contributed by atoms with Crippen LogP contribution in [0.1, 0.15) is 39.2 Å². The number of amides is 2. The fourth-order valence-electron chi connectivity index (χ4n) is 3.22. The van der Waals surface area contributed by atoms with Crippen LogP contribution in [0.2, 0.25) is 0 Å². The number of likely N-dealkylation sites (tertiary alicyclic amines) is 1. The molecule has 2 amide bonds. The molecule has 3 rings (SSSR count). The smallest absolute Gasteiger partial charge is 0.234 e. The van der Waals surface area contributed by atoms with E-state index in [1.54, 1.807) is 0 Å². The molecule has 21 heavy (non-hydrogen) atoms. The van der Waals surface area contributed by atoms with E-state index in [1.807, 2.05) is 26.0 Å². The molecule has 1 saturated heterocycles. The molecule has 114 valence electrons. The van der Waals surface area contributed by atoms with Crippen molar-refractivity contribution in [1.29, 1.82) is 0 Å². The van der Waals surface area contributed by atoms with Crippen LogP contribution in [0, 0.1) is 17.3 Å². The van der Waals surface area contributed by atoms with Gasteiger partial charge in [0.15, 0.2) is 0 Å². The van der Waals surface area contributed by atoms with Gasteiger partial charge in [-0.1, -0.05) is 27.7 Å². The molecule has 2 fully saturated rings. The van der Waals surface area contributed by atoms with Gasteiger partial charge in [0, 0.05) is 6.04 Å². The summed E-state index contributed by atoms with van der Waals surface area (Å²) in [6.45, 7) is 9.01. The second-order valence-corrected chi connectivity index (χ2v) is 6.94. The minimum absolute atomic E-state index is 0.0479. The first-order chi connectivity index (χ1) is 9.82. The van der Waals surface area contributed by atoms with Gasteiger partial charge in [0.05, 0.1) is 24.9 Å². The Morgan fingerprint density at radius 1 is 1.19 bits per heavy atom. The molecule has 1 aliphatic carbocycles. The SMILES string of the molecule is CC(C)NCc1ccc(CN2C(=O)C3C(C2=O)C3(C)C)o1. The number of fused-ring (bicyclic) bond motifs is 1. The van der Waals surface area contributed by atoms with Crippen molar-refractivity contribution in [3.63, 3.8) is 0 Å². The van der Waals surface area contributed by atoms with Crippen molar-refractivity contribution in [2.75, 3.05) is 0 Å². The highest BCUT2D eigenvalue weighted by Crippen LogP contribution is 2.63. The molecule has 1 aliphatic heterocycles. The molecular formula is C16H22N2O3. The van der Waals surface area contributed by atoms with Crippen molar-refractivity contribution < 1.29 is 14.0 Å². The zero-order valence-electron chi connectivity index (χ0n) is 13.0. The quantitative estimate of drug-likeness (QED) is 0.842. The van der Waals surface area contributed by atoms with Gasteiger partial charge in [-0.3, -0.25) is 14.5 Å². The summed E-state index contributed by atoms with van der Waals surface area (Å²) in [4.78, 5) is 25.8. The van der Waals surface area contributed by atoms with Gasteiger partial charge in [-0.2, -0.15) is 0 Å². The van der Waals surface area contributed by atoms with E-state index in [-0.39, 0.29) is 35.6 Å². The molecule has 5 nitrogen and oxygen atoms in total. The van der Waals surface area contributed by atoms with Crippen molar-refractivity contribution in [3.8, 4) is 0 Å². The van der Waals surface area contributed by atoms with Crippen molar-refractivity contribution >= 4 is 11.8 Å². The predicted molar refractivity (Wildman–Crippen MR) is 77.0 cm³/mol. The molecular weight excluding hydrogens is 268 g/mol. The van der Waals surface area contributed by atoms with Crippen LogP contribution >= 0.6 is 0 Å². The second-order valence-electron chi connectivity index (χ2n) is 6.94. The molecule has 5 heteroatoms. The van der Waals surface area contributed by atoms with E-state index >= 15 is 0 Å². The molecule has 0 aromatic carbocycles. The maximum absolute atomic E-state index is 12.3. The third-order valence-corrected chi connectivity index (χ3v) is 4.61. The molecule has 1 N–H and O–H groups in total. The summed E-state index contributed by atoms with van der Waals surface area (Å²) in [6, 6.07) is 4.11. The molecule has 1 aromatic rings. The zero-order valence-corrected chi connectivity index (χ0v) is 13.0. The van der Waals surface area contributed by atoms with Gasteiger partial charge in [0.1, 0.15) is 11.5 Å². The molecule has 0 spiro atoms. The normalized spacial score (nSPS) is 26.6. The number of piperidine rings is 1. The number of carbonyl (C=O) groups excluding carboxylic acids is 2. The summed E-state index contributed by atoms with van der Waals surface area (Å²) in [5.41, 5.74) is -0.153. The lowest BCUT2D eigenvalue weighted by molar-refractivity contribution is -0.144. The minimum atomic E-state index is -0.153. The van der Waals surface area contributed by atoms with Crippen LogP contribution < -0.4 is 5.32 Å². The van der Waals surface area contributed by atoms with Crippen LogP contribution in [0.4, 0.5) is 0 Å². The topological polar surface area (TPSA) is 62.6 Å². The van der Waals surface area contributed by atoms with E-state index in [0.29, 0.717) is 18.3 Å². The Morgan fingerprint density at radius 3 is 2.33 bits per heavy atom. The lowest BCUT2D eigenvalue weighted by atomic mass is 10.1. The molecule has 1 saturated carbocycles.